The van der Waals surface area contributed by atoms with Gasteiger partial charge in [0.2, 0.25) is 0 Å². The molecule has 0 aliphatic carbocycles. The van der Waals surface area contributed by atoms with E-state index in [1.54, 1.807) is 6.07 Å². The zero-order chi connectivity index (χ0) is 19.6. The molecule has 0 amide bonds. The lowest BCUT2D eigenvalue weighted by atomic mass is 10.2. The fraction of sp³-hybridized carbons (Fsp3) is 0.429. The summed E-state index contributed by atoms with van der Waals surface area (Å²) in [5, 5.41) is 5.40. The molecule has 0 aliphatic rings. The van der Waals surface area contributed by atoms with Crippen molar-refractivity contribution in [1.82, 2.24) is 10.2 Å². The Labute approximate surface area is 201 Å². The fourth-order valence-corrected chi connectivity index (χ4v) is 3.47. The van der Waals surface area contributed by atoms with E-state index in [1.165, 1.54) is 0 Å². The molecular formula is C21H29Cl5N2O. The van der Waals surface area contributed by atoms with Crippen LogP contribution in [0.15, 0.2) is 36.4 Å². The van der Waals surface area contributed by atoms with Crippen molar-refractivity contribution in [2.75, 3.05) is 26.2 Å². The lowest BCUT2D eigenvalue weighted by Crippen LogP contribution is -2.27. The highest BCUT2D eigenvalue weighted by Gasteiger charge is 2.08. The van der Waals surface area contributed by atoms with E-state index in [1.807, 2.05) is 30.3 Å². The Morgan fingerprint density at radius 3 is 2.21 bits per heavy atom. The molecule has 2 aromatic rings. The largest absolute Gasteiger partial charge is 0.489 e. The average Bonchev–Trinajstić information content (AvgIpc) is 2.65. The van der Waals surface area contributed by atoms with Crippen LogP contribution >= 0.6 is 59.6 Å². The second kappa shape index (κ2) is 15.4. The number of ether oxygens (including phenoxy) is 1. The summed E-state index contributed by atoms with van der Waals surface area (Å²) in [7, 11) is 0. The van der Waals surface area contributed by atoms with Crippen LogP contribution in [0.5, 0.6) is 5.75 Å². The number of hydrogen-bond donors (Lipinski definition) is 1. The van der Waals surface area contributed by atoms with E-state index in [4.69, 9.17) is 39.5 Å². The molecule has 0 unspecified atom stereocenters. The van der Waals surface area contributed by atoms with E-state index in [9.17, 15) is 0 Å². The molecule has 0 aromatic heterocycles. The van der Waals surface area contributed by atoms with E-state index in [0.717, 1.165) is 49.5 Å². The highest BCUT2D eigenvalue weighted by Crippen LogP contribution is 2.26. The van der Waals surface area contributed by atoms with Gasteiger partial charge in [0.25, 0.3) is 0 Å². The van der Waals surface area contributed by atoms with Crippen LogP contribution in [0.1, 0.15) is 31.4 Å². The predicted molar refractivity (Wildman–Crippen MR) is 131 cm³/mol. The summed E-state index contributed by atoms with van der Waals surface area (Å²) in [5.41, 5.74) is 1.93. The van der Waals surface area contributed by atoms with Gasteiger partial charge < -0.3 is 15.0 Å². The van der Waals surface area contributed by atoms with Crippen molar-refractivity contribution in [3.05, 3.63) is 62.6 Å². The van der Waals surface area contributed by atoms with Gasteiger partial charge in [-0.1, -0.05) is 54.7 Å². The molecule has 0 atom stereocenters. The fourth-order valence-electron chi connectivity index (χ4n) is 2.81. The summed E-state index contributed by atoms with van der Waals surface area (Å²) < 4.78 is 5.99. The van der Waals surface area contributed by atoms with Crippen LogP contribution in [0.2, 0.25) is 15.1 Å². The lowest BCUT2D eigenvalue weighted by molar-refractivity contribution is 0.295. The van der Waals surface area contributed by atoms with Crippen molar-refractivity contribution in [2.24, 2.45) is 0 Å². The number of rotatable bonds is 11. The third-order valence-corrected chi connectivity index (χ3v) is 5.28. The van der Waals surface area contributed by atoms with Gasteiger partial charge in [0.15, 0.2) is 0 Å². The van der Waals surface area contributed by atoms with E-state index in [0.29, 0.717) is 28.2 Å². The van der Waals surface area contributed by atoms with Crippen LogP contribution in [-0.4, -0.2) is 31.1 Å². The van der Waals surface area contributed by atoms with Crippen LogP contribution < -0.4 is 10.1 Å². The minimum absolute atomic E-state index is 0. The zero-order valence-electron chi connectivity index (χ0n) is 16.7. The molecular weight excluding hydrogens is 474 g/mol. The van der Waals surface area contributed by atoms with Gasteiger partial charge in [-0.25, -0.2) is 0 Å². The zero-order valence-corrected chi connectivity index (χ0v) is 20.6. The topological polar surface area (TPSA) is 24.5 Å². The van der Waals surface area contributed by atoms with Crippen molar-refractivity contribution in [3.63, 3.8) is 0 Å². The Kier molecular flexibility index (Phi) is 15.2. The second-order valence-corrected chi connectivity index (χ2v) is 7.61. The Bertz CT molecular complexity index is 726. The highest BCUT2D eigenvalue weighted by molar-refractivity contribution is 6.35. The molecule has 0 fully saturated rings. The monoisotopic (exact) mass is 500 g/mol. The Morgan fingerprint density at radius 2 is 1.55 bits per heavy atom. The highest BCUT2D eigenvalue weighted by atomic mass is 35.5. The minimum atomic E-state index is 0. The van der Waals surface area contributed by atoms with E-state index in [2.05, 4.69) is 24.1 Å². The van der Waals surface area contributed by atoms with E-state index in [-0.39, 0.29) is 24.8 Å². The van der Waals surface area contributed by atoms with E-state index < -0.39 is 0 Å². The third-order valence-electron chi connectivity index (χ3n) is 4.46. The molecule has 164 valence electrons. The summed E-state index contributed by atoms with van der Waals surface area (Å²) >= 11 is 18.3. The minimum Gasteiger partial charge on any atom is -0.489 e. The molecule has 0 spiro atoms. The van der Waals surface area contributed by atoms with Crippen LogP contribution in [0, 0.1) is 0 Å². The maximum Gasteiger partial charge on any atom is 0.124 e. The summed E-state index contributed by atoms with van der Waals surface area (Å²) in [6.45, 7) is 9.72. The molecule has 0 radical (unpaired) electrons. The van der Waals surface area contributed by atoms with Gasteiger partial charge in [0.1, 0.15) is 12.4 Å². The first kappa shape index (κ1) is 28.6. The van der Waals surface area contributed by atoms with Crippen LogP contribution in [-0.2, 0) is 13.2 Å². The number of benzene rings is 2. The quantitative estimate of drug-likeness (QED) is 0.339. The number of hydrogen-bond acceptors (Lipinski definition) is 3. The summed E-state index contributed by atoms with van der Waals surface area (Å²) in [4.78, 5) is 2.42. The number of nitrogens with zero attached hydrogens (tertiary/aromatic N) is 1. The lowest BCUT2D eigenvalue weighted by Gasteiger charge is -2.18. The van der Waals surface area contributed by atoms with Crippen molar-refractivity contribution >= 4 is 59.6 Å². The molecule has 2 aromatic carbocycles. The van der Waals surface area contributed by atoms with Crippen molar-refractivity contribution in [1.29, 1.82) is 0 Å². The van der Waals surface area contributed by atoms with Crippen LogP contribution in [0.4, 0.5) is 0 Å². The normalized spacial score (nSPS) is 10.4. The smallest absolute Gasteiger partial charge is 0.124 e. The maximum atomic E-state index is 6.23. The maximum absolute atomic E-state index is 6.23. The molecule has 0 saturated heterocycles. The summed E-state index contributed by atoms with van der Waals surface area (Å²) in [6, 6.07) is 11.1. The molecule has 2 rings (SSSR count). The first-order chi connectivity index (χ1) is 13.0. The van der Waals surface area contributed by atoms with Gasteiger partial charge in [0, 0.05) is 32.7 Å². The Balaban J connectivity index is 0.00000392. The van der Waals surface area contributed by atoms with Gasteiger partial charge >= 0.3 is 0 Å². The van der Waals surface area contributed by atoms with Gasteiger partial charge in [-0.15, -0.1) is 24.8 Å². The van der Waals surface area contributed by atoms with Crippen LogP contribution in [0.25, 0.3) is 0 Å². The molecule has 8 heteroatoms. The second-order valence-electron chi connectivity index (χ2n) is 6.33. The first-order valence-electron chi connectivity index (χ1n) is 9.31. The average molecular weight is 503 g/mol. The van der Waals surface area contributed by atoms with Crippen molar-refractivity contribution in [3.8, 4) is 5.75 Å². The molecule has 29 heavy (non-hydrogen) atoms. The molecule has 0 aliphatic heterocycles. The SMILES string of the molecule is CCN(CC)CCCNCc1cc(Cl)ccc1OCc1ccc(Cl)cc1Cl.Cl.Cl. The summed E-state index contributed by atoms with van der Waals surface area (Å²) in [6.07, 6.45) is 1.11. The molecule has 0 saturated carbocycles. The van der Waals surface area contributed by atoms with E-state index >= 15 is 0 Å². The molecule has 0 heterocycles. The Hall–Kier alpha value is -0.390. The predicted octanol–water partition coefficient (Wildman–Crippen LogP) is 6.89. The van der Waals surface area contributed by atoms with Crippen molar-refractivity contribution < 1.29 is 4.74 Å². The van der Waals surface area contributed by atoms with Gasteiger partial charge in [-0.2, -0.15) is 0 Å². The Morgan fingerprint density at radius 1 is 0.897 bits per heavy atom. The number of nitrogens with one attached hydrogen (secondary N) is 1. The van der Waals surface area contributed by atoms with Crippen molar-refractivity contribution in [2.45, 2.75) is 33.4 Å². The van der Waals surface area contributed by atoms with Crippen LogP contribution in [0.3, 0.4) is 0 Å². The third kappa shape index (κ3) is 9.97. The standard InChI is InChI=1S/C21H27Cl3N2O.2ClH/c1-3-26(4-2)11-5-10-25-14-17-12-18(22)8-9-21(17)27-15-16-6-7-19(23)13-20(16)24;;/h6-9,12-13,25H,3-5,10-11,14-15H2,1-2H3;2*1H. The number of halogens is 5. The molecule has 3 nitrogen and oxygen atoms in total. The summed E-state index contributed by atoms with van der Waals surface area (Å²) in [5.74, 6) is 0.807. The molecule has 0 bridgehead atoms. The van der Waals surface area contributed by atoms with Gasteiger partial charge in [0.05, 0.1) is 0 Å². The molecule has 1 N–H and O–H groups in total. The van der Waals surface area contributed by atoms with Gasteiger partial charge in [-0.3, -0.25) is 0 Å². The van der Waals surface area contributed by atoms with Gasteiger partial charge in [-0.05, 0) is 62.9 Å². The first-order valence-corrected chi connectivity index (χ1v) is 10.4.